The fourth-order valence-electron chi connectivity index (χ4n) is 1.08. The van der Waals surface area contributed by atoms with Crippen LogP contribution in [0.5, 0.6) is 0 Å². The van der Waals surface area contributed by atoms with E-state index in [0.29, 0.717) is 5.56 Å². The van der Waals surface area contributed by atoms with E-state index < -0.39 is 11.7 Å². The van der Waals surface area contributed by atoms with E-state index in [2.05, 4.69) is 5.32 Å². The number of carbonyl (C=O) groups is 1. The molecule has 15 heavy (non-hydrogen) atoms. The normalized spacial score (nSPS) is 10.1. The van der Waals surface area contributed by atoms with Crippen LogP contribution in [0.3, 0.4) is 0 Å². The SMILES string of the molecule is Cc1cc(Cl)c(C(=O)NCCO)cc1F. The molecule has 0 fully saturated rings. The summed E-state index contributed by atoms with van der Waals surface area (Å²) in [6, 6.07) is 2.48. The fraction of sp³-hybridized carbons (Fsp3) is 0.300. The first-order valence-electron chi connectivity index (χ1n) is 4.41. The van der Waals surface area contributed by atoms with Gasteiger partial charge < -0.3 is 10.4 Å². The highest BCUT2D eigenvalue weighted by molar-refractivity contribution is 6.33. The maximum absolute atomic E-state index is 13.2. The maximum Gasteiger partial charge on any atom is 0.252 e. The van der Waals surface area contributed by atoms with Gasteiger partial charge in [0.25, 0.3) is 5.91 Å². The number of rotatable bonds is 3. The molecule has 0 saturated carbocycles. The van der Waals surface area contributed by atoms with Crippen molar-refractivity contribution in [1.82, 2.24) is 5.32 Å². The van der Waals surface area contributed by atoms with Gasteiger partial charge in [0.1, 0.15) is 5.82 Å². The first-order chi connectivity index (χ1) is 7.06. The third kappa shape index (κ3) is 2.91. The molecule has 0 atom stereocenters. The second-order valence-corrected chi connectivity index (χ2v) is 3.47. The van der Waals surface area contributed by atoms with Crippen LogP contribution in [-0.2, 0) is 0 Å². The van der Waals surface area contributed by atoms with E-state index in [1.165, 1.54) is 6.07 Å². The Hall–Kier alpha value is -1.13. The van der Waals surface area contributed by atoms with Crippen LogP contribution in [0.4, 0.5) is 4.39 Å². The molecule has 0 aliphatic rings. The number of nitrogens with one attached hydrogen (secondary N) is 1. The molecule has 1 rings (SSSR count). The zero-order valence-electron chi connectivity index (χ0n) is 8.18. The lowest BCUT2D eigenvalue weighted by Crippen LogP contribution is -2.26. The highest BCUT2D eigenvalue weighted by Crippen LogP contribution is 2.20. The highest BCUT2D eigenvalue weighted by atomic mass is 35.5. The Kier molecular flexibility index (Phi) is 4.05. The largest absolute Gasteiger partial charge is 0.395 e. The standard InChI is InChI=1S/C10H11ClFNO2/c1-6-4-8(11)7(5-9(6)12)10(15)13-2-3-14/h4-5,14H,2-3H2,1H3,(H,13,15). The van der Waals surface area contributed by atoms with Crippen molar-refractivity contribution in [1.29, 1.82) is 0 Å². The lowest BCUT2D eigenvalue weighted by atomic mass is 10.1. The van der Waals surface area contributed by atoms with Gasteiger partial charge in [0.15, 0.2) is 0 Å². The summed E-state index contributed by atoms with van der Waals surface area (Å²) in [5.74, 6) is -0.971. The number of benzene rings is 1. The van der Waals surface area contributed by atoms with Gasteiger partial charge in [-0.3, -0.25) is 4.79 Å². The van der Waals surface area contributed by atoms with Gasteiger partial charge in [-0.2, -0.15) is 0 Å². The zero-order valence-corrected chi connectivity index (χ0v) is 8.94. The third-order valence-corrected chi connectivity index (χ3v) is 2.20. The lowest BCUT2D eigenvalue weighted by Gasteiger charge is -2.06. The number of hydrogen-bond acceptors (Lipinski definition) is 2. The molecule has 1 amide bonds. The minimum absolute atomic E-state index is 0.0771. The predicted molar refractivity (Wildman–Crippen MR) is 55.6 cm³/mol. The first kappa shape index (κ1) is 11.9. The van der Waals surface area contributed by atoms with Crippen LogP contribution in [0.25, 0.3) is 0 Å². The summed E-state index contributed by atoms with van der Waals surface area (Å²) in [7, 11) is 0. The number of aliphatic hydroxyl groups excluding tert-OH is 1. The quantitative estimate of drug-likeness (QED) is 0.829. The van der Waals surface area contributed by atoms with Crippen LogP contribution in [0.2, 0.25) is 5.02 Å². The number of hydrogen-bond donors (Lipinski definition) is 2. The number of aryl methyl sites for hydroxylation is 1. The smallest absolute Gasteiger partial charge is 0.252 e. The summed E-state index contributed by atoms with van der Waals surface area (Å²) in [5.41, 5.74) is 0.465. The average molecular weight is 232 g/mol. The molecule has 1 aromatic carbocycles. The molecule has 0 aromatic heterocycles. The van der Waals surface area contributed by atoms with Gasteiger partial charge in [-0.05, 0) is 24.6 Å². The van der Waals surface area contributed by atoms with Gasteiger partial charge in [0.2, 0.25) is 0 Å². The van der Waals surface area contributed by atoms with Crippen molar-refractivity contribution in [2.45, 2.75) is 6.92 Å². The second kappa shape index (κ2) is 5.09. The van der Waals surface area contributed by atoms with Crippen molar-refractivity contribution < 1.29 is 14.3 Å². The van der Waals surface area contributed by atoms with E-state index in [1.54, 1.807) is 6.92 Å². The van der Waals surface area contributed by atoms with E-state index in [0.717, 1.165) is 6.07 Å². The Bertz CT molecular complexity index is 382. The van der Waals surface area contributed by atoms with Gasteiger partial charge in [0, 0.05) is 6.54 Å². The van der Waals surface area contributed by atoms with Crippen molar-refractivity contribution in [2.75, 3.05) is 13.2 Å². The van der Waals surface area contributed by atoms with E-state index in [4.69, 9.17) is 16.7 Å². The Labute approximate surface area is 91.9 Å². The molecule has 1 aromatic rings. The zero-order chi connectivity index (χ0) is 11.4. The fourth-order valence-corrected chi connectivity index (χ4v) is 1.39. The summed E-state index contributed by atoms with van der Waals surface area (Å²) < 4.78 is 13.2. The molecule has 2 N–H and O–H groups in total. The van der Waals surface area contributed by atoms with Crippen LogP contribution in [0, 0.1) is 12.7 Å². The molecule has 0 aliphatic heterocycles. The van der Waals surface area contributed by atoms with Crippen LogP contribution < -0.4 is 5.32 Å². The molecule has 3 nitrogen and oxygen atoms in total. The number of aliphatic hydroxyl groups is 1. The van der Waals surface area contributed by atoms with E-state index in [1.807, 2.05) is 0 Å². The van der Waals surface area contributed by atoms with Gasteiger partial charge in [-0.1, -0.05) is 11.6 Å². The van der Waals surface area contributed by atoms with E-state index in [9.17, 15) is 9.18 Å². The van der Waals surface area contributed by atoms with Gasteiger partial charge in [-0.15, -0.1) is 0 Å². The number of amides is 1. The molecule has 0 heterocycles. The predicted octanol–water partition coefficient (Wildman–Crippen LogP) is 1.51. The first-order valence-corrected chi connectivity index (χ1v) is 4.78. The number of carbonyl (C=O) groups excluding carboxylic acids is 1. The van der Waals surface area contributed by atoms with Gasteiger partial charge in [0.05, 0.1) is 17.2 Å². The van der Waals surface area contributed by atoms with Crippen LogP contribution in [0.15, 0.2) is 12.1 Å². The third-order valence-electron chi connectivity index (χ3n) is 1.89. The molecule has 0 radical (unpaired) electrons. The van der Waals surface area contributed by atoms with Crippen molar-refractivity contribution in [2.24, 2.45) is 0 Å². The minimum Gasteiger partial charge on any atom is -0.395 e. The van der Waals surface area contributed by atoms with E-state index >= 15 is 0 Å². The monoisotopic (exact) mass is 231 g/mol. The minimum atomic E-state index is -0.493. The lowest BCUT2D eigenvalue weighted by molar-refractivity contribution is 0.0944. The summed E-state index contributed by atoms with van der Waals surface area (Å²) in [5, 5.41) is 11.1. The molecule has 0 aliphatic carbocycles. The Morgan fingerprint density at radius 3 is 2.87 bits per heavy atom. The molecule has 0 bridgehead atoms. The molecule has 5 heteroatoms. The maximum atomic E-state index is 13.2. The number of halogens is 2. The molecule has 82 valence electrons. The average Bonchev–Trinajstić information content (AvgIpc) is 2.20. The molecular formula is C10H11ClFNO2. The van der Waals surface area contributed by atoms with Crippen molar-refractivity contribution in [3.8, 4) is 0 Å². The summed E-state index contributed by atoms with van der Waals surface area (Å²) >= 11 is 5.79. The van der Waals surface area contributed by atoms with Gasteiger partial charge >= 0.3 is 0 Å². The van der Waals surface area contributed by atoms with Crippen LogP contribution >= 0.6 is 11.6 Å². The summed E-state index contributed by atoms with van der Waals surface area (Å²) in [6.07, 6.45) is 0. The second-order valence-electron chi connectivity index (χ2n) is 3.06. The molecular weight excluding hydrogens is 221 g/mol. The van der Waals surface area contributed by atoms with E-state index in [-0.39, 0.29) is 23.7 Å². The van der Waals surface area contributed by atoms with Crippen molar-refractivity contribution in [3.63, 3.8) is 0 Å². The topological polar surface area (TPSA) is 49.3 Å². The van der Waals surface area contributed by atoms with Crippen LogP contribution in [0.1, 0.15) is 15.9 Å². The Morgan fingerprint density at radius 1 is 1.60 bits per heavy atom. The molecule has 0 unspecified atom stereocenters. The summed E-state index contributed by atoms with van der Waals surface area (Å²) in [4.78, 5) is 11.4. The van der Waals surface area contributed by atoms with Crippen molar-refractivity contribution >= 4 is 17.5 Å². The van der Waals surface area contributed by atoms with Crippen LogP contribution in [-0.4, -0.2) is 24.2 Å². The molecule has 0 saturated heterocycles. The summed E-state index contributed by atoms with van der Waals surface area (Å²) in [6.45, 7) is 1.51. The van der Waals surface area contributed by atoms with Crippen molar-refractivity contribution in [3.05, 3.63) is 34.1 Å². The Morgan fingerprint density at radius 2 is 2.27 bits per heavy atom. The highest BCUT2D eigenvalue weighted by Gasteiger charge is 2.12. The van der Waals surface area contributed by atoms with Gasteiger partial charge in [-0.25, -0.2) is 4.39 Å². The Balaban J connectivity index is 2.94. The molecule has 0 spiro atoms.